The zero-order valence-corrected chi connectivity index (χ0v) is 16.7. The fourth-order valence-electron chi connectivity index (χ4n) is 4.11. The van der Waals surface area contributed by atoms with Crippen LogP contribution in [0.1, 0.15) is 51.5 Å². The molecule has 1 aromatic carbocycles. The molecule has 3 aromatic rings. The van der Waals surface area contributed by atoms with E-state index >= 15 is 0 Å². The second-order valence-electron chi connectivity index (χ2n) is 7.38. The highest BCUT2D eigenvalue weighted by molar-refractivity contribution is 6.30. The highest BCUT2D eigenvalue weighted by atomic mass is 35.5. The molecule has 31 heavy (non-hydrogen) atoms. The van der Waals surface area contributed by atoms with E-state index in [2.05, 4.69) is 15.2 Å². The molecule has 0 aliphatic heterocycles. The predicted octanol–water partition coefficient (Wildman–Crippen LogP) is 5.64. The number of alkyl halides is 3. The van der Waals surface area contributed by atoms with Gasteiger partial charge in [0.1, 0.15) is 11.0 Å². The standard InChI is InChI=1S/C21H16ClF4N3O2/c22-19-13(14(6-7-27-19)21(24,25)26)8-10-2-1-3-16-17(10)18(29-28-16)12-5-4-11(20(30)31)9-15(12)23/h4-7,9-10H,1-3,8H2,(H,28,29)(H,30,31). The lowest BCUT2D eigenvalue weighted by molar-refractivity contribution is -0.138. The van der Waals surface area contributed by atoms with Crippen LogP contribution in [-0.2, 0) is 19.0 Å². The summed E-state index contributed by atoms with van der Waals surface area (Å²) in [5.74, 6) is -2.42. The maximum Gasteiger partial charge on any atom is 0.416 e. The maximum absolute atomic E-state index is 14.7. The van der Waals surface area contributed by atoms with Gasteiger partial charge in [-0.2, -0.15) is 18.3 Å². The molecule has 2 aromatic heterocycles. The van der Waals surface area contributed by atoms with Crippen molar-refractivity contribution in [3.8, 4) is 11.3 Å². The number of nitrogens with zero attached hydrogens (tertiary/aromatic N) is 2. The Hall–Kier alpha value is -2.94. The zero-order chi connectivity index (χ0) is 22.3. The molecule has 0 spiro atoms. The number of carboxylic acids is 1. The fraction of sp³-hybridized carbons (Fsp3) is 0.286. The second kappa shape index (κ2) is 7.96. The number of pyridine rings is 1. The Kier molecular flexibility index (Phi) is 5.47. The lowest BCUT2D eigenvalue weighted by Gasteiger charge is -2.25. The molecule has 0 fully saturated rings. The van der Waals surface area contributed by atoms with E-state index in [1.54, 1.807) is 0 Å². The number of aromatic amines is 1. The van der Waals surface area contributed by atoms with E-state index in [9.17, 15) is 22.4 Å². The molecule has 1 atom stereocenters. The number of benzene rings is 1. The Morgan fingerprint density at radius 3 is 2.74 bits per heavy atom. The highest BCUT2D eigenvalue weighted by Gasteiger charge is 2.36. The summed E-state index contributed by atoms with van der Waals surface area (Å²) >= 11 is 6.03. The summed E-state index contributed by atoms with van der Waals surface area (Å²) in [7, 11) is 0. The van der Waals surface area contributed by atoms with Crippen molar-refractivity contribution in [3.05, 3.63) is 69.4 Å². The van der Waals surface area contributed by atoms with Gasteiger partial charge in [-0.05, 0) is 55.9 Å². The number of rotatable bonds is 4. The number of aromatic carboxylic acids is 1. The van der Waals surface area contributed by atoms with E-state index in [0.29, 0.717) is 18.4 Å². The fourth-order valence-corrected chi connectivity index (χ4v) is 4.34. The monoisotopic (exact) mass is 453 g/mol. The van der Waals surface area contributed by atoms with Crippen LogP contribution in [0.2, 0.25) is 5.15 Å². The molecule has 0 bridgehead atoms. The molecule has 1 unspecified atom stereocenters. The van der Waals surface area contributed by atoms with Gasteiger partial charge in [-0.25, -0.2) is 14.2 Å². The first-order valence-electron chi connectivity index (χ1n) is 9.47. The Bertz CT molecular complexity index is 1160. The highest BCUT2D eigenvalue weighted by Crippen LogP contribution is 2.43. The van der Waals surface area contributed by atoms with E-state index in [4.69, 9.17) is 16.7 Å². The molecule has 4 rings (SSSR count). The summed E-state index contributed by atoms with van der Waals surface area (Å²) in [5, 5.41) is 15.9. The third-order valence-corrected chi connectivity index (χ3v) is 5.83. The van der Waals surface area contributed by atoms with Crippen molar-refractivity contribution in [1.82, 2.24) is 15.2 Å². The number of carbonyl (C=O) groups is 1. The minimum Gasteiger partial charge on any atom is -0.478 e. The molecule has 0 saturated heterocycles. The van der Waals surface area contributed by atoms with Crippen LogP contribution < -0.4 is 0 Å². The van der Waals surface area contributed by atoms with Crippen molar-refractivity contribution in [2.45, 2.75) is 37.8 Å². The number of hydrogen-bond donors (Lipinski definition) is 2. The maximum atomic E-state index is 14.7. The molecule has 0 radical (unpaired) electrons. The van der Waals surface area contributed by atoms with E-state index in [1.807, 2.05) is 0 Å². The first-order chi connectivity index (χ1) is 14.7. The summed E-state index contributed by atoms with van der Waals surface area (Å²) in [5.41, 5.74) is 0.539. The summed E-state index contributed by atoms with van der Waals surface area (Å²) in [6.07, 6.45) is -1.69. The number of H-pyrrole nitrogens is 1. The largest absolute Gasteiger partial charge is 0.478 e. The van der Waals surface area contributed by atoms with Crippen LogP contribution in [0.3, 0.4) is 0 Å². The SMILES string of the molecule is O=C(O)c1ccc(-c2n[nH]c3c2C(Cc2c(C(F)(F)F)ccnc2Cl)CCC3)c(F)c1. The van der Waals surface area contributed by atoms with Crippen LogP contribution >= 0.6 is 11.6 Å². The Labute approximate surface area is 179 Å². The van der Waals surface area contributed by atoms with Gasteiger partial charge in [0.15, 0.2) is 0 Å². The average molecular weight is 454 g/mol. The zero-order valence-electron chi connectivity index (χ0n) is 15.9. The molecular formula is C21H16ClF4N3O2. The molecule has 2 N–H and O–H groups in total. The molecule has 1 aliphatic carbocycles. The summed E-state index contributed by atoms with van der Waals surface area (Å²) in [6.45, 7) is 0. The molecule has 5 nitrogen and oxygen atoms in total. The van der Waals surface area contributed by atoms with Gasteiger partial charge in [0.2, 0.25) is 0 Å². The second-order valence-corrected chi connectivity index (χ2v) is 7.74. The van der Waals surface area contributed by atoms with Gasteiger partial charge in [0.05, 0.1) is 16.8 Å². The van der Waals surface area contributed by atoms with Crippen molar-refractivity contribution in [2.24, 2.45) is 0 Å². The van der Waals surface area contributed by atoms with Gasteiger partial charge < -0.3 is 5.11 Å². The average Bonchev–Trinajstić information content (AvgIpc) is 3.13. The number of fused-ring (bicyclic) bond motifs is 1. The van der Waals surface area contributed by atoms with Gasteiger partial charge in [0.25, 0.3) is 0 Å². The summed E-state index contributed by atoms with van der Waals surface area (Å²) in [6, 6.07) is 4.38. The number of carboxylic acid groups (broad SMARTS) is 1. The lowest BCUT2D eigenvalue weighted by atomic mass is 9.80. The minimum absolute atomic E-state index is 0.0319. The molecule has 1 aliphatic rings. The quantitative estimate of drug-likeness (QED) is 0.395. The minimum atomic E-state index is -4.59. The molecule has 0 saturated carbocycles. The van der Waals surface area contributed by atoms with Crippen molar-refractivity contribution in [3.63, 3.8) is 0 Å². The molecule has 10 heteroatoms. The number of nitrogens with one attached hydrogen (secondary N) is 1. The third kappa shape index (κ3) is 4.01. The number of halogens is 5. The molecule has 2 heterocycles. The lowest BCUT2D eigenvalue weighted by Crippen LogP contribution is -2.16. The van der Waals surface area contributed by atoms with Crippen molar-refractivity contribution < 1.29 is 27.5 Å². The number of hydrogen-bond acceptors (Lipinski definition) is 3. The first kappa shape index (κ1) is 21.3. The van der Waals surface area contributed by atoms with E-state index < -0.39 is 23.5 Å². The van der Waals surface area contributed by atoms with Gasteiger partial charge in [-0.15, -0.1) is 0 Å². The van der Waals surface area contributed by atoms with Gasteiger partial charge in [0, 0.05) is 28.6 Å². The van der Waals surface area contributed by atoms with Crippen LogP contribution in [0.15, 0.2) is 30.5 Å². The summed E-state index contributed by atoms with van der Waals surface area (Å²) in [4.78, 5) is 14.9. The Morgan fingerprint density at radius 1 is 1.29 bits per heavy atom. The van der Waals surface area contributed by atoms with Gasteiger partial charge in [-0.3, -0.25) is 5.10 Å². The van der Waals surface area contributed by atoms with Crippen molar-refractivity contribution in [1.29, 1.82) is 0 Å². The number of aromatic nitrogens is 3. The number of aryl methyl sites for hydroxylation is 1. The van der Waals surface area contributed by atoms with Crippen molar-refractivity contribution >= 4 is 17.6 Å². The van der Waals surface area contributed by atoms with Gasteiger partial charge in [-0.1, -0.05) is 11.6 Å². The van der Waals surface area contributed by atoms with Crippen LogP contribution in [-0.4, -0.2) is 26.3 Å². The van der Waals surface area contributed by atoms with Crippen LogP contribution in [0, 0.1) is 5.82 Å². The molecule has 162 valence electrons. The molecular weight excluding hydrogens is 438 g/mol. The topological polar surface area (TPSA) is 78.9 Å². The van der Waals surface area contributed by atoms with E-state index in [0.717, 1.165) is 30.4 Å². The Morgan fingerprint density at radius 2 is 2.06 bits per heavy atom. The predicted molar refractivity (Wildman–Crippen MR) is 105 cm³/mol. The Balaban J connectivity index is 1.78. The van der Waals surface area contributed by atoms with E-state index in [-0.39, 0.29) is 39.9 Å². The third-order valence-electron chi connectivity index (χ3n) is 5.50. The van der Waals surface area contributed by atoms with Gasteiger partial charge >= 0.3 is 12.1 Å². The first-order valence-corrected chi connectivity index (χ1v) is 9.85. The summed E-state index contributed by atoms with van der Waals surface area (Å²) < 4.78 is 55.2. The van der Waals surface area contributed by atoms with Crippen LogP contribution in [0.25, 0.3) is 11.3 Å². The molecule has 0 amide bonds. The van der Waals surface area contributed by atoms with Crippen LogP contribution in [0.5, 0.6) is 0 Å². The van der Waals surface area contributed by atoms with Crippen LogP contribution in [0.4, 0.5) is 17.6 Å². The normalized spacial score (nSPS) is 16.2. The van der Waals surface area contributed by atoms with Crippen molar-refractivity contribution in [2.75, 3.05) is 0 Å². The smallest absolute Gasteiger partial charge is 0.416 e. The van der Waals surface area contributed by atoms with E-state index in [1.165, 1.54) is 12.1 Å².